The fourth-order valence-electron chi connectivity index (χ4n) is 5.40. The molecule has 2 aliphatic rings. The molecule has 4 N–H and O–H groups in total. The SMILES string of the molecule is CC(C)CC(N[C@H](CCN1C(=O)c2cc3ccccc3cc2C1=O)C(=O)O)C(=O)N1CCN(CC(O)CO)CC1. The van der Waals surface area contributed by atoms with E-state index in [0.29, 0.717) is 50.3 Å². The van der Waals surface area contributed by atoms with Gasteiger partial charge in [-0.1, -0.05) is 38.1 Å². The van der Waals surface area contributed by atoms with Gasteiger partial charge in [-0.3, -0.25) is 34.3 Å². The first kappa shape index (κ1) is 29.6. The zero-order valence-electron chi connectivity index (χ0n) is 23.0. The van der Waals surface area contributed by atoms with Gasteiger partial charge in [-0.05, 0) is 41.7 Å². The number of nitrogens with one attached hydrogen (secondary N) is 1. The van der Waals surface area contributed by atoms with Crippen LogP contribution in [0.5, 0.6) is 0 Å². The number of carbonyl (C=O) groups excluding carboxylic acids is 3. The minimum absolute atomic E-state index is 0.0466. The highest BCUT2D eigenvalue weighted by Gasteiger charge is 2.37. The molecule has 40 heavy (non-hydrogen) atoms. The van der Waals surface area contributed by atoms with Gasteiger partial charge >= 0.3 is 5.97 Å². The lowest BCUT2D eigenvalue weighted by Gasteiger charge is -2.38. The molecule has 0 saturated carbocycles. The van der Waals surface area contributed by atoms with Gasteiger partial charge in [0.2, 0.25) is 5.91 Å². The van der Waals surface area contributed by atoms with Crippen LogP contribution in [0.3, 0.4) is 0 Å². The molecule has 0 aromatic heterocycles. The van der Waals surface area contributed by atoms with Crippen LogP contribution in [0.25, 0.3) is 10.8 Å². The number of aliphatic hydroxyl groups is 2. The molecule has 11 nitrogen and oxygen atoms in total. The molecule has 3 amide bonds. The molecule has 0 aliphatic carbocycles. The summed E-state index contributed by atoms with van der Waals surface area (Å²) in [5.41, 5.74) is 0.615. The van der Waals surface area contributed by atoms with E-state index in [1.807, 2.05) is 43.0 Å². The summed E-state index contributed by atoms with van der Waals surface area (Å²) < 4.78 is 0. The van der Waals surface area contributed by atoms with Crippen LogP contribution in [-0.4, -0.2) is 118 Å². The summed E-state index contributed by atoms with van der Waals surface area (Å²) in [5, 5.41) is 33.4. The van der Waals surface area contributed by atoms with E-state index in [1.165, 1.54) is 0 Å². The number of carboxylic acid groups (broad SMARTS) is 1. The van der Waals surface area contributed by atoms with Crippen LogP contribution in [0.2, 0.25) is 0 Å². The number of rotatable bonds is 12. The molecular formula is C29H38N4O7. The number of nitrogens with zero attached hydrogens (tertiary/aromatic N) is 3. The minimum Gasteiger partial charge on any atom is -0.480 e. The number of piperazine rings is 1. The molecule has 3 atom stereocenters. The highest BCUT2D eigenvalue weighted by atomic mass is 16.4. The van der Waals surface area contributed by atoms with Crippen molar-refractivity contribution in [3.8, 4) is 0 Å². The quantitative estimate of drug-likeness (QED) is 0.279. The predicted octanol–water partition coefficient (Wildman–Crippen LogP) is 0.781. The van der Waals surface area contributed by atoms with E-state index in [2.05, 4.69) is 5.32 Å². The maximum Gasteiger partial charge on any atom is 0.320 e. The van der Waals surface area contributed by atoms with Crippen LogP contribution >= 0.6 is 0 Å². The monoisotopic (exact) mass is 554 g/mol. The smallest absolute Gasteiger partial charge is 0.320 e. The second kappa shape index (κ2) is 12.9. The Kier molecular flexibility index (Phi) is 9.52. The molecule has 1 saturated heterocycles. The third kappa shape index (κ3) is 6.67. The van der Waals surface area contributed by atoms with Gasteiger partial charge in [0, 0.05) is 39.3 Å². The lowest BCUT2D eigenvalue weighted by atomic mass is 10.0. The molecule has 0 spiro atoms. The van der Waals surface area contributed by atoms with E-state index in [-0.39, 0.29) is 31.4 Å². The molecule has 2 aromatic carbocycles. The summed E-state index contributed by atoms with van der Waals surface area (Å²) in [5.74, 6) is -2.15. The lowest BCUT2D eigenvalue weighted by Crippen LogP contribution is -2.57. The Morgan fingerprint density at radius 2 is 1.52 bits per heavy atom. The average Bonchev–Trinajstić information content (AvgIpc) is 3.16. The molecule has 2 aliphatic heterocycles. The summed E-state index contributed by atoms with van der Waals surface area (Å²) in [4.78, 5) is 56.6. The third-order valence-electron chi connectivity index (χ3n) is 7.55. The Morgan fingerprint density at radius 3 is 2.02 bits per heavy atom. The second-order valence-corrected chi connectivity index (χ2v) is 11.0. The molecule has 216 valence electrons. The second-order valence-electron chi connectivity index (χ2n) is 11.0. The van der Waals surface area contributed by atoms with Crippen LogP contribution in [0.1, 0.15) is 47.4 Å². The number of carboxylic acids is 1. The number of hydrogen-bond acceptors (Lipinski definition) is 8. The van der Waals surface area contributed by atoms with Gasteiger partial charge in [0.05, 0.1) is 29.9 Å². The number of carbonyl (C=O) groups is 4. The van der Waals surface area contributed by atoms with E-state index >= 15 is 0 Å². The van der Waals surface area contributed by atoms with Gasteiger partial charge in [-0.15, -0.1) is 0 Å². The summed E-state index contributed by atoms with van der Waals surface area (Å²) in [6, 6.07) is 8.94. The van der Waals surface area contributed by atoms with E-state index in [0.717, 1.165) is 15.7 Å². The third-order valence-corrected chi connectivity index (χ3v) is 7.55. The molecule has 1 fully saturated rings. The summed E-state index contributed by atoms with van der Waals surface area (Å²) in [6.45, 7) is 5.73. The van der Waals surface area contributed by atoms with Gasteiger partial charge in [0.15, 0.2) is 0 Å². The van der Waals surface area contributed by atoms with Crippen LogP contribution in [0, 0.1) is 5.92 Å². The number of aliphatic hydroxyl groups excluding tert-OH is 2. The lowest BCUT2D eigenvalue weighted by molar-refractivity contribution is -0.141. The van der Waals surface area contributed by atoms with Gasteiger partial charge < -0.3 is 20.2 Å². The highest BCUT2D eigenvalue weighted by molar-refractivity contribution is 6.23. The predicted molar refractivity (Wildman–Crippen MR) is 148 cm³/mol. The van der Waals surface area contributed by atoms with E-state index in [4.69, 9.17) is 5.11 Å². The number of fused-ring (bicyclic) bond motifs is 2. The Bertz CT molecular complexity index is 1200. The molecular weight excluding hydrogens is 516 g/mol. The van der Waals surface area contributed by atoms with Crippen LogP contribution in [0.4, 0.5) is 0 Å². The molecule has 0 bridgehead atoms. The Labute approximate surface area is 233 Å². The maximum atomic E-state index is 13.4. The standard InChI is InChI=1S/C29H38N4O7/c1-18(2)13-25(28(38)32-11-9-31(10-12-32)16-21(35)17-34)30-24(29(39)40)7-8-33-26(36)22-14-19-5-3-4-6-20(19)15-23(22)27(33)37/h3-6,14-15,18,21,24-25,30,34-35H,7-13,16-17H2,1-2H3,(H,39,40)/t21?,24-,25?/m1/s1. The normalized spacial score (nSPS) is 18.3. The van der Waals surface area contributed by atoms with E-state index < -0.39 is 36.0 Å². The number of β-amino-alcohol motifs (C(OH)–C–C–N with tert-alkyl or cyclic N) is 1. The first-order valence-electron chi connectivity index (χ1n) is 13.8. The maximum absolute atomic E-state index is 13.4. The average molecular weight is 555 g/mol. The van der Waals surface area contributed by atoms with Crippen molar-refractivity contribution in [3.63, 3.8) is 0 Å². The summed E-state index contributed by atoms with van der Waals surface area (Å²) in [7, 11) is 0. The molecule has 11 heteroatoms. The van der Waals surface area contributed by atoms with Gasteiger partial charge in [0.1, 0.15) is 6.04 Å². The van der Waals surface area contributed by atoms with Crippen molar-refractivity contribution in [2.75, 3.05) is 45.9 Å². The Hall–Kier alpha value is -3.38. The number of imide groups is 1. The first-order valence-corrected chi connectivity index (χ1v) is 13.8. The van der Waals surface area contributed by atoms with Gasteiger partial charge in [-0.2, -0.15) is 0 Å². The zero-order valence-corrected chi connectivity index (χ0v) is 23.0. The molecule has 2 unspecified atom stereocenters. The fourth-order valence-corrected chi connectivity index (χ4v) is 5.40. The number of hydrogen-bond donors (Lipinski definition) is 4. The number of amides is 3. The van der Waals surface area contributed by atoms with Crippen LogP contribution < -0.4 is 5.32 Å². The van der Waals surface area contributed by atoms with E-state index in [1.54, 1.807) is 17.0 Å². The fraction of sp³-hybridized carbons (Fsp3) is 0.517. The topological polar surface area (TPSA) is 151 Å². The first-order chi connectivity index (χ1) is 19.1. The van der Waals surface area contributed by atoms with Crippen molar-refractivity contribution >= 4 is 34.5 Å². The van der Waals surface area contributed by atoms with Crippen molar-refractivity contribution in [2.24, 2.45) is 5.92 Å². The Morgan fingerprint density at radius 1 is 0.950 bits per heavy atom. The Balaban J connectivity index is 1.41. The summed E-state index contributed by atoms with van der Waals surface area (Å²) in [6.07, 6.45) is -0.462. The molecule has 2 aromatic rings. The largest absolute Gasteiger partial charge is 0.480 e. The van der Waals surface area contributed by atoms with E-state index in [9.17, 15) is 29.4 Å². The molecule has 4 rings (SSSR count). The highest BCUT2D eigenvalue weighted by Crippen LogP contribution is 2.28. The van der Waals surface area contributed by atoms with Crippen molar-refractivity contribution < 1.29 is 34.5 Å². The van der Waals surface area contributed by atoms with Crippen molar-refractivity contribution in [1.29, 1.82) is 0 Å². The zero-order chi connectivity index (χ0) is 29.0. The van der Waals surface area contributed by atoms with Crippen LogP contribution in [0.15, 0.2) is 36.4 Å². The van der Waals surface area contributed by atoms with Gasteiger partial charge in [0.25, 0.3) is 11.8 Å². The van der Waals surface area contributed by atoms with Crippen molar-refractivity contribution in [2.45, 2.75) is 44.9 Å². The van der Waals surface area contributed by atoms with Gasteiger partial charge in [-0.25, -0.2) is 0 Å². The minimum atomic E-state index is -1.16. The van der Waals surface area contributed by atoms with Crippen molar-refractivity contribution in [3.05, 3.63) is 47.5 Å². The molecule has 0 radical (unpaired) electrons. The van der Waals surface area contributed by atoms with Crippen molar-refractivity contribution in [1.82, 2.24) is 20.0 Å². The number of benzene rings is 2. The molecule has 2 heterocycles. The van der Waals surface area contributed by atoms with Crippen LogP contribution in [-0.2, 0) is 9.59 Å². The summed E-state index contributed by atoms with van der Waals surface area (Å²) >= 11 is 0. The number of aliphatic carboxylic acids is 1.